The van der Waals surface area contributed by atoms with E-state index in [9.17, 15) is 14.4 Å². The number of hydrogen-bond donors (Lipinski definition) is 2. The van der Waals surface area contributed by atoms with E-state index in [-0.39, 0.29) is 28.6 Å². The Kier molecular flexibility index (Phi) is 5.72. The number of ether oxygens (including phenoxy) is 1. The second kappa shape index (κ2) is 8.04. The number of H-pyrrole nitrogens is 1. The zero-order valence-electron chi connectivity index (χ0n) is 15.1. The fourth-order valence-electron chi connectivity index (χ4n) is 2.91. The molecule has 1 amide bonds. The van der Waals surface area contributed by atoms with Crippen LogP contribution < -0.4 is 5.32 Å². The summed E-state index contributed by atoms with van der Waals surface area (Å²) in [6, 6.07) is 9.44. The number of carbonyl (C=O) groups excluding carboxylic acids is 3. The molecule has 0 aliphatic rings. The highest BCUT2D eigenvalue weighted by molar-refractivity contribution is 6.33. The Balaban J connectivity index is 2.28. The largest absolute Gasteiger partial charge is 0.462 e. The molecule has 3 rings (SSSR count). The summed E-state index contributed by atoms with van der Waals surface area (Å²) in [6.45, 7) is 3.16. The van der Waals surface area contributed by atoms with Crippen LogP contribution in [0.3, 0.4) is 0 Å². The molecule has 0 radical (unpaired) electrons. The summed E-state index contributed by atoms with van der Waals surface area (Å²) in [6.07, 6.45) is 0. The van der Waals surface area contributed by atoms with E-state index in [1.165, 1.54) is 19.1 Å². The van der Waals surface area contributed by atoms with Crippen molar-refractivity contribution in [1.82, 2.24) is 4.98 Å². The van der Waals surface area contributed by atoms with Crippen LogP contribution in [0.15, 0.2) is 36.4 Å². The molecule has 1 aromatic heterocycles. The van der Waals surface area contributed by atoms with Gasteiger partial charge in [0, 0.05) is 27.9 Å². The number of fused-ring (bicyclic) bond motifs is 1. The molecule has 144 valence electrons. The molecule has 0 unspecified atom stereocenters. The summed E-state index contributed by atoms with van der Waals surface area (Å²) in [5.41, 5.74) is 1.20. The van der Waals surface area contributed by atoms with Crippen LogP contribution >= 0.6 is 23.2 Å². The molecule has 2 aromatic carbocycles. The number of carbonyl (C=O) groups is 3. The Morgan fingerprint density at radius 3 is 2.50 bits per heavy atom. The van der Waals surface area contributed by atoms with Crippen LogP contribution in [0.2, 0.25) is 10.0 Å². The molecule has 1 heterocycles. The first-order valence-electron chi connectivity index (χ1n) is 8.42. The van der Waals surface area contributed by atoms with Crippen LogP contribution in [-0.4, -0.2) is 29.3 Å². The summed E-state index contributed by atoms with van der Waals surface area (Å²) in [5.74, 6) is -1.40. The smallest absolute Gasteiger partial charge is 0.338 e. The first-order chi connectivity index (χ1) is 13.3. The van der Waals surface area contributed by atoms with E-state index in [1.807, 2.05) is 0 Å². The minimum absolute atomic E-state index is 0.111. The van der Waals surface area contributed by atoms with Gasteiger partial charge >= 0.3 is 5.97 Å². The Labute approximate surface area is 170 Å². The molecular formula is C20H16Cl2N2O4. The van der Waals surface area contributed by atoms with E-state index in [0.29, 0.717) is 21.5 Å². The Bertz CT molecular complexity index is 1110. The number of aromatic nitrogens is 1. The molecule has 0 bridgehead atoms. The number of anilines is 1. The maximum absolute atomic E-state index is 13.1. The minimum atomic E-state index is -0.609. The quantitative estimate of drug-likeness (QED) is 0.458. The van der Waals surface area contributed by atoms with Gasteiger partial charge in [0.05, 0.1) is 23.4 Å². The van der Waals surface area contributed by atoms with Crippen molar-refractivity contribution in [2.45, 2.75) is 13.8 Å². The Morgan fingerprint density at radius 2 is 1.86 bits per heavy atom. The molecule has 8 heteroatoms. The van der Waals surface area contributed by atoms with Gasteiger partial charge < -0.3 is 15.0 Å². The van der Waals surface area contributed by atoms with Gasteiger partial charge in [0.2, 0.25) is 11.7 Å². The maximum Gasteiger partial charge on any atom is 0.338 e. The first kappa shape index (κ1) is 19.9. The van der Waals surface area contributed by atoms with Gasteiger partial charge in [-0.05, 0) is 31.2 Å². The third kappa shape index (κ3) is 3.88. The van der Waals surface area contributed by atoms with E-state index < -0.39 is 17.7 Å². The monoisotopic (exact) mass is 418 g/mol. The van der Waals surface area contributed by atoms with Crippen molar-refractivity contribution < 1.29 is 19.1 Å². The summed E-state index contributed by atoms with van der Waals surface area (Å²) in [7, 11) is 0. The third-order valence-electron chi connectivity index (χ3n) is 3.97. The first-order valence-corrected chi connectivity index (χ1v) is 9.17. The number of ketones is 1. The van der Waals surface area contributed by atoms with Gasteiger partial charge in [0.25, 0.3) is 0 Å². The topological polar surface area (TPSA) is 88.3 Å². The highest BCUT2D eigenvalue weighted by Gasteiger charge is 2.25. The van der Waals surface area contributed by atoms with E-state index in [2.05, 4.69) is 10.3 Å². The number of hydrogen-bond acceptors (Lipinski definition) is 4. The lowest BCUT2D eigenvalue weighted by Gasteiger charge is -2.08. The fourth-order valence-corrected chi connectivity index (χ4v) is 3.32. The van der Waals surface area contributed by atoms with Gasteiger partial charge in [-0.3, -0.25) is 9.59 Å². The summed E-state index contributed by atoms with van der Waals surface area (Å²) < 4.78 is 5.09. The minimum Gasteiger partial charge on any atom is -0.462 e. The maximum atomic E-state index is 13.1. The van der Waals surface area contributed by atoms with Crippen LogP contribution in [0.1, 0.15) is 40.3 Å². The SMILES string of the molecule is CCOC(=O)c1cc(Cl)cc2[nH]c(C(=O)c3cccc(Cl)c3)c(NC(C)=O)c12. The lowest BCUT2D eigenvalue weighted by molar-refractivity contribution is -0.114. The lowest BCUT2D eigenvalue weighted by Crippen LogP contribution is -2.12. The van der Waals surface area contributed by atoms with Crippen LogP contribution in [0, 0.1) is 0 Å². The van der Waals surface area contributed by atoms with Crippen LogP contribution in [0.5, 0.6) is 0 Å². The molecule has 0 saturated carbocycles. The highest BCUT2D eigenvalue weighted by atomic mass is 35.5. The van der Waals surface area contributed by atoms with Gasteiger partial charge in [-0.25, -0.2) is 4.79 Å². The van der Waals surface area contributed by atoms with Crippen molar-refractivity contribution >= 4 is 57.5 Å². The average molecular weight is 419 g/mol. The average Bonchev–Trinajstić information content (AvgIpc) is 2.98. The molecule has 3 aromatic rings. The third-order valence-corrected chi connectivity index (χ3v) is 4.43. The second-order valence-electron chi connectivity index (χ2n) is 5.99. The number of benzene rings is 2. The zero-order valence-corrected chi connectivity index (χ0v) is 16.6. The predicted molar refractivity (Wildman–Crippen MR) is 108 cm³/mol. The molecule has 0 spiro atoms. The Hall–Kier alpha value is -2.83. The molecule has 28 heavy (non-hydrogen) atoms. The predicted octanol–water partition coefficient (Wildman–Crippen LogP) is 4.84. The van der Waals surface area contributed by atoms with E-state index >= 15 is 0 Å². The standard InChI is InChI=1S/C20H16Cl2N2O4/c1-3-28-20(27)14-8-13(22)9-15-16(14)17(23-10(2)25)18(24-15)19(26)11-5-4-6-12(21)7-11/h4-9,24H,3H2,1-2H3,(H,23,25). The number of nitrogens with one attached hydrogen (secondary N) is 2. The summed E-state index contributed by atoms with van der Waals surface area (Å²) in [5, 5.41) is 3.68. The molecule has 0 aliphatic carbocycles. The van der Waals surface area contributed by atoms with Crippen LogP contribution in [0.25, 0.3) is 10.9 Å². The normalized spacial score (nSPS) is 10.7. The van der Waals surface area contributed by atoms with Crippen molar-refractivity contribution in [3.8, 4) is 0 Å². The van der Waals surface area contributed by atoms with Crippen LogP contribution in [0.4, 0.5) is 5.69 Å². The van der Waals surface area contributed by atoms with E-state index in [4.69, 9.17) is 27.9 Å². The van der Waals surface area contributed by atoms with Gasteiger partial charge in [0.1, 0.15) is 5.69 Å². The Morgan fingerprint density at radius 1 is 1.11 bits per heavy atom. The van der Waals surface area contributed by atoms with Crippen molar-refractivity contribution in [3.63, 3.8) is 0 Å². The molecule has 6 nitrogen and oxygen atoms in total. The number of aromatic amines is 1. The number of amides is 1. The van der Waals surface area contributed by atoms with Crippen molar-refractivity contribution in [1.29, 1.82) is 0 Å². The van der Waals surface area contributed by atoms with Gasteiger partial charge in [0.15, 0.2) is 0 Å². The lowest BCUT2D eigenvalue weighted by atomic mass is 10.0. The molecule has 2 N–H and O–H groups in total. The number of rotatable bonds is 5. The van der Waals surface area contributed by atoms with Gasteiger partial charge in [-0.15, -0.1) is 0 Å². The highest BCUT2D eigenvalue weighted by Crippen LogP contribution is 2.35. The van der Waals surface area contributed by atoms with Crippen LogP contribution in [-0.2, 0) is 9.53 Å². The molecule has 0 saturated heterocycles. The summed E-state index contributed by atoms with van der Waals surface area (Å²) >= 11 is 12.1. The van der Waals surface area contributed by atoms with Crippen molar-refractivity contribution in [3.05, 3.63) is 63.3 Å². The second-order valence-corrected chi connectivity index (χ2v) is 6.86. The summed E-state index contributed by atoms with van der Waals surface area (Å²) in [4.78, 5) is 40.3. The van der Waals surface area contributed by atoms with E-state index in [1.54, 1.807) is 31.2 Å². The van der Waals surface area contributed by atoms with Gasteiger partial charge in [-0.2, -0.15) is 0 Å². The van der Waals surface area contributed by atoms with Crippen molar-refractivity contribution in [2.24, 2.45) is 0 Å². The number of halogens is 2. The fraction of sp³-hybridized carbons (Fsp3) is 0.150. The molecular weight excluding hydrogens is 403 g/mol. The van der Waals surface area contributed by atoms with E-state index in [0.717, 1.165) is 0 Å². The molecule has 0 aliphatic heterocycles. The molecule has 0 atom stereocenters. The van der Waals surface area contributed by atoms with Gasteiger partial charge in [-0.1, -0.05) is 35.3 Å². The zero-order chi connectivity index (χ0) is 20.4. The molecule has 0 fully saturated rings. The number of esters is 1. The van der Waals surface area contributed by atoms with Crippen molar-refractivity contribution in [2.75, 3.05) is 11.9 Å².